The molecule has 0 radical (unpaired) electrons. The minimum Gasteiger partial charge on any atom is -0.478 e. The lowest BCUT2D eigenvalue weighted by Gasteiger charge is -2.36. The maximum atomic E-state index is 11.2. The molecule has 0 bridgehead atoms. The summed E-state index contributed by atoms with van der Waals surface area (Å²) in [7, 11) is 0. The summed E-state index contributed by atoms with van der Waals surface area (Å²) in [6, 6.07) is 9.23. The monoisotopic (exact) mass is 221 g/mol. The van der Waals surface area contributed by atoms with Crippen LogP contribution in [0.3, 0.4) is 0 Å². The quantitative estimate of drug-likeness (QED) is 0.460. The van der Waals surface area contributed by atoms with Gasteiger partial charge >= 0.3 is 0 Å². The van der Waals surface area contributed by atoms with Crippen molar-refractivity contribution >= 4 is 5.91 Å². The van der Waals surface area contributed by atoms with Crippen molar-refractivity contribution in [2.24, 2.45) is 5.73 Å². The fourth-order valence-corrected chi connectivity index (χ4v) is 1.60. The first-order chi connectivity index (χ1) is 7.81. The van der Waals surface area contributed by atoms with Gasteiger partial charge in [-0.05, 0) is 12.1 Å². The Labute approximate surface area is 94.0 Å². The Morgan fingerprint density at radius 3 is 2.75 bits per heavy atom. The molecule has 2 atom stereocenters. The van der Waals surface area contributed by atoms with Gasteiger partial charge in [0.15, 0.2) is 0 Å². The summed E-state index contributed by atoms with van der Waals surface area (Å²) >= 11 is 0. The number of rotatable bonds is 5. The molecule has 1 aromatic rings. The number of nitrogens with two attached hydrogens (primary N) is 1. The van der Waals surface area contributed by atoms with Gasteiger partial charge in [0.05, 0.1) is 6.04 Å². The maximum Gasteiger partial charge on any atom is 0.239 e. The Kier molecular flexibility index (Phi) is 3.38. The lowest BCUT2D eigenvalue weighted by atomic mass is 10.00. The number of amides is 1. The van der Waals surface area contributed by atoms with Crippen LogP contribution in [0, 0.1) is 0 Å². The largest absolute Gasteiger partial charge is 0.478 e. The van der Waals surface area contributed by atoms with Crippen LogP contribution in [0.2, 0.25) is 0 Å². The van der Waals surface area contributed by atoms with Crippen LogP contribution >= 0.6 is 0 Å². The van der Waals surface area contributed by atoms with Crippen LogP contribution in [0.1, 0.15) is 0 Å². The van der Waals surface area contributed by atoms with Gasteiger partial charge in [-0.3, -0.25) is 10.1 Å². The molecule has 1 amide bonds. The Morgan fingerprint density at radius 1 is 1.38 bits per heavy atom. The van der Waals surface area contributed by atoms with Crippen molar-refractivity contribution in [1.82, 2.24) is 10.6 Å². The zero-order valence-electron chi connectivity index (χ0n) is 8.85. The van der Waals surface area contributed by atoms with Gasteiger partial charge in [-0.1, -0.05) is 18.2 Å². The van der Waals surface area contributed by atoms with E-state index in [1.807, 2.05) is 30.3 Å². The van der Waals surface area contributed by atoms with Gasteiger partial charge in [-0.15, -0.1) is 0 Å². The zero-order valence-corrected chi connectivity index (χ0v) is 8.85. The van der Waals surface area contributed by atoms with Crippen molar-refractivity contribution in [2.45, 2.75) is 12.1 Å². The van der Waals surface area contributed by atoms with E-state index in [9.17, 15) is 4.79 Å². The molecule has 1 aromatic carbocycles. The first kappa shape index (κ1) is 10.9. The smallest absolute Gasteiger partial charge is 0.239 e. The molecule has 1 aliphatic rings. The van der Waals surface area contributed by atoms with Crippen LogP contribution in [0.15, 0.2) is 30.3 Å². The highest BCUT2D eigenvalue weighted by Gasteiger charge is 2.37. The average molecular weight is 221 g/mol. The molecule has 0 aromatic heterocycles. The Morgan fingerprint density at radius 2 is 2.12 bits per heavy atom. The number of nitrogens with one attached hydrogen (secondary N) is 2. The number of ether oxygens (including phenoxy) is 1. The summed E-state index contributed by atoms with van der Waals surface area (Å²) < 4.78 is 5.42. The summed E-state index contributed by atoms with van der Waals surface area (Å²) in [5.74, 6) is 0.756. The summed E-state index contributed by atoms with van der Waals surface area (Å²) in [5.41, 5.74) is 5.47. The van der Waals surface area contributed by atoms with E-state index in [0.29, 0.717) is 13.3 Å². The number of benzene rings is 1. The second-order valence-electron chi connectivity index (χ2n) is 3.63. The highest BCUT2D eigenvalue weighted by molar-refractivity contribution is 5.89. The SMILES string of the molecule is NC[C@H]1NC(=O)[C@H]1NCOc1ccccc1. The lowest BCUT2D eigenvalue weighted by Crippen LogP contribution is -2.70. The fourth-order valence-electron chi connectivity index (χ4n) is 1.60. The van der Waals surface area contributed by atoms with Gasteiger partial charge < -0.3 is 15.8 Å². The third kappa shape index (κ3) is 2.32. The first-order valence-electron chi connectivity index (χ1n) is 5.23. The van der Waals surface area contributed by atoms with E-state index in [1.165, 1.54) is 0 Å². The van der Waals surface area contributed by atoms with Gasteiger partial charge in [0, 0.05) is 6.54 Å². The van der Waals surface area contributed by atoms with E-state index < -0.39 is 0 Å². The molecule has 16 heavy (non-hydrogen) atoms. The molecule has 4 N–H and O–H groups in total. The molecular weight excluding hydrogens is 206 g/mol. The Hall–Kier alpha value is -1.59. The number of para-hydroxylation sites is 1. The molecule has 0 saturated carbocycles. The van der Waals surface area contributed by atoms with Crippen LogP contribution in [-0.4, -0.2) is 31.3 Å². The normalized spacial score (nSPS) is 23.4. The van der Waals surface area contributed by atoms with Crippen LogP contribution < -0.4 is 21.1 Å². The zero-order chi connectivity index (χ0) is 11.4. The van der Waals surface area contributed by atoms with E-state index in [4.69, 9.17) is 10.5 Å². The maximum absolute atomic E-state index is 11.2. The molecule has 1 aliphatic heterocycles. The van der Waals surface area contributed by atoms with E-state index in [0.717, 1.165) is 5.75 Å². The van der Waals surface area contributed by atoms with Gasteiger partial charge in [0.2, 0.25) is 5.91 Å². The standard InChI is InChI=1S/C11H15N3O2/c12-6-9-10(11(15)14-9)13-7-16-8-4-2-1-3-5-8/h1-5,9-10,13H,6-7,12H2,(H,14,15)/t9-,10+/m1/s1. The van der Waals surface area contributed by atoms with Crippen molar-refractivity contribution in [2.75, 3.05) is 13.3 Å². The number of carbonyl (C=O) groups excluding carboxylic acids is 1. The molecule has 5 nitrogen and oxygen atoms in total. The lowest BCUT2D eigenvalue weighted by molar-refractivity contribution is -0.131. The van der Waals surface area contributed by atoms with Gasteiger partial charge in [0.25, 0.3) is 0 Å². The van der Waals surface area contributed by atoms with Crippen molar-refractivity contribution in [3.05, 3.63) is 30.3 Å². The molecule has 5 heteroatoms. The van der Waals surface area contributed by atoms with Crippen LogP contribution in [0.5, 0.6) is 5.75 Å². The molecule has 0 aliphatic carbocycles. The summed E-state index contributed by atoms with van der Waals surface area (Å²) in [6.07, 6.45) is 0. The molecule has 1 saturated heterocycles. The first-order valence-corrected chi connectivity index (χ1v) is 5.23. The third-order valence-corrected chi connectivity index (χ3v) is 2.55. The van der Waals surface area contributed by atoms with Crippen molar-refractivity contribution < 1.29 is 9.53 Å². The van der Waals surface area contributed by atoms with Crippen LogP contribution in [0.4, 0.5) is 0 Å². The molecule has 0 spiro atoms. The molecule has 2 rings (SSSR count). The van der Waals surface area contributed by atoms with Crippen molar-refractivity contribution in [1.29, 1.82) is 0 Å². The molecule has 1 heterocycles. The number of hydrogen-bond donors (Lipinski definition) is 3. The van der Waals surface area contributed by atoms with E-state index in [1.54, 1.807) is 0 Å². The van der Waals surface area contributed by atoms with Crippen LogP contribution in [0.25, 0.3) is 0 Å². The van der Waals surface area contributed by atoms with Crippen molar-refractivity contribution in [3.8, 4) is 5.75 Å². The highest BCUT2D eigenvalue weighted by atomic mass is 16.5. The van der Waals surface area contributed by atoms with E-state index in [2.05, 4.69) is 10.6 Å². The highest BCUT2D eigenvalue weighted by Crippen LogP contribution is 2.08. The van der Waals surface area contributed by atoms with Crippen molar-refractivity contribution in [3.63, 3.8) is 0 Å². The van der Waals surface area contributed by atoms with Gasteiger partial charge in [-0.2, -0.15) is 0 Å². The Balaban J connectivity index is 1.74. The summed E-state index contributed by atoms with van der Waals surface area (Å²) in [6.45, 7) is 0.743. The third-order valence-electron chi connectivity index (χ3n) is 2.55. The second-order valence-corrected chi connectivity index (χ2v) is 3.63. The summed E-state index contributed by atoms with van der Waals surface area (Å²) in [5, 5.41) is 5.71. The Bertz CT molecular complexity index is 356. The summed E-state index contributed by atoms with van der Waals surface area (Å²) in [4.78, 5) is 11.2. The van der Waals surface area contributed by atoms with Crippen LogP contribution in [-0.2, 0) is 4.79 Å². The molecule has 0 unspecified atom stereocenters. The second kappa shape index (κ2) is 4.96. The molecule has 1 fully saturated rings. The van der Waals surface area contributed by atoms with E-state index >= 15 is 0 Å². The average Bonchev–Trinajstić information content (AvgIpc) is 2.32. The number of β-lactam (4-membered cyclic amide) rings is 1. The van der Waals surface area contributed by atoms with E-state index in [-0.39, 0.29) is 18.0 Å². The minimum absolute atomic E-state index is 0.0203. The number of carbonyl (C=O) groups is 1. The molecule has 86 valence electrons. The van der Waals surface area contributed by atoms with Gasteiger partial charge in [-0.25, -0.2) is 0 Å². The predicted octanol–water partition coefficient (Wildman–Crippen LogP) is -0.562. The van der Waals surface area contributed by atoms with Gasteiger partial charge in [0.1, 0.15) is 18.5 Å². The number of hydrogen-bond acceptors (Lipinski definition) is 4. The topological polar surface area (TPSA) is 76.4 Å². The fraction of sp³-hybridized carbons (Fsp3) is 0.364. The predicted molar refractivity (Wildman–Crippen MR) is 59.8 cm³/mol. The molecular formula is C11H15N3O2. The minimum atomic E-state index is -0.228.